The Morgan fingerprint density at radius 1 is 1.07 bits per heavy atom. The van der Waals surface area contributed by atoms with Crippen molar-refractivity contribution in [2.75, 3.05) is 11.9 Å². The molecular formula is C18H14BrClN4O2S. The predicted molar refractivity (Wildman–Crippen MR) is 110 cm³/mol. The number of carbonyl (C=O) groups excluding carboxylic acids is 2. The third-order valence-electron chi connectivity index (χ3n) is 3.52. The first-order valence-electron chi connectivity index (χ1n) is 7.95. The number of halogens is 2. The Morgan fingerprint density at radius 2 is 1.81 bits per heavy atom. The Kier molecular flexibility index (Phi) is 6.54. The maximum atomic E-state index is 12.0. The SMILES string of the molecule is O=C(CCNC(=O)c1ccc(Br)cc1)Nc1nnc(-c2ccccc2Cl)s1. The van der Waals surface area contributed by atoms with E-state index in [9.17, 15) is 9.59 Å². The summed E-state index contributed by atoms with van der Waals surface area (Å²) in [4.78, 5) is 24.0. The standard InChI is InChI=1S/C18H14BrClN4O2S/c19-12-7-5-11(6-8-12)16(26)21-10-9-15(25)22-18-24-23-17(27-18)13-3-1-2-4-14(13)20/h1-8H,9-10H2,(H,21,26)(H,22,24,25). The van der Waals surface area contributed by atoms with Crippen LogP contribution in [0.1, 0.15) is 16.8 Å². The number of amides is 2. The molecule has 0 bridgehead atoms. The maximum absolute atomic E-state index is 12.0. The van der Waals surface area contributed by atoms with Gasteiger partial charge in [-0.25, -0.2) is 0 Å². The lowest BCUT2D eigenvalue weighted by Gasteiger charge is -2.05. The molecule has 6 nitrogen and oxygen atoms in total. The molecule has 1 aromatic heterocycles. The second-order valence-corrected chi connectivity index (χ2v) is 7.75. The van der Waals surface area contributed by atoms with E-state index in [2.05, 4.69) is 36.8 Å². The summed E-state index contributed by atoms with van der Waals surface area (Å²) >= 11 is 10.7. The molecule has 9 heteroatoms. The number of anilines is 1. The van der Waals surface area contributed by atoms with Crippen LogP contribution in [0.4, 0.5) is 5.13 Å². The molecule has 0 aliphatic rings. The summed E-state index contributed by atoms with van der Waals surface area (Å²) in [7, 11) is 0. The molecule has 0 saturated heterocycles. The lowest BCUT2D eigenvalue weighted by Crippen LogP contribution is -2.27. The molecule has 0 saturated carbocycles. The van der Waals surface area contributed by atoms with Crippen molar-refractivity contribution >= 4 is 55.8 Å². The number of aromatic nitrogens is 2. The monoisotopic (exact) mass is 464 g/mol. The molecule has 0 aliphatic heterocycles. The van der Waals surface area contributed by atoms with E-state index in [0.717, 1.165) is 10.0 Å². The van der Waals surface area contributed by atoms with Gasteiger partial charge in [-0.05, 0) is 30.3 Å². The van der Waals surface area contributed by atoms with Crippen molar-refractivity contribution in [1.29, 1.82) is 0 Å². The van der Waals surface area contributed by atoms with Crippen LogP contribution in [0.5, 0.6) is 0 Å². The first kappa shape index (κ1) is 19.5. The number of benzene rings is 2. The van der Waals surface area contributed by atoms with Crippen LogP contribution in [0, 0.1) is 0 Å². The van der Waals surface area contributed by atoms with Crippen LogP contribution in [0.15, 0.2) is 53.0 Å². The second kappa shape index (κ2) is 9.07. The Hall–Kier alpha value is -2.29. The van der Waals surface area contributed by atoms with Crippen molar-refractivity contribution in [2.45, 2.75) is 6.42 Å². The van der Waals surface area contributed by atoms with Crippen molar-refractivity contribution in [3.05, 3.63) is 63.6 Å². The van der Waals surface area contributed by atoms with Gasteiger partial charge in [0.25, 0.3) is 5.91 Å². The smallest absolute Gasteiger partial charge is 0.251 e. The molecule has 0 aliphatic carbocycles. The van der Waals surface area contributed by atoms with Gasteiger partial charge in [0.1, 0.15) is 0 Å². The average molecular weight is 466 g/mol. The van der Waals surface area contributed by atoms with Crippen molar-refractivity contribution in [2.24, 2.45) is 0 Å². The quantitative estimate of drug-likeness (QED) is 0.566. The summed E-state index contributed by atoms with van der Waals surface area (Å²) in [6, 6.07) is 14.3. The van der Waals surface area contributed by atoms with Gasteiger partial charge in [-0.3, -0.25) is 9.59 Å². The average Bonchev–Trinajstić information content (AvgIpc) is 3.10. The van der Waals surface area contributed by atoms with Gasteiger partial charge in [-0.2, -0.15) is 0 Å². The van der Waals surface area contributed by atoms with E-state index in [4.69, 9.17) is 11.6 Å². The van der Waals surface area contributed by atoms with Gasteiger partial charge in [-0.15, -0.1) is 10.2 Å². The number of nitrogens with one attached hydrogen (secondary N) is 2. The van der Waals surface area contributed by atoms with Crippen molar-refractivity contribution in [3.63, 3.8) is 0 Å². The van der Waals surface area contributed by atoms with Crippen LogP contribution >= 0.6 is 38.9 Å². The van der Waals surface area contributed by atoms with Crippen molar-refractivity contribution < 1.29 is 9.59 Å². The summed E-state index contributed by atoms with van der Waals surface area (Å²) in [6.45, 7) is 0.219. The summed E-state index contributed by atoms with van der Waals surface area (Å²) in [5.74, 6) is -0.486. The van der Waals surface area contributed by atoms with E-state index < -0.39 is 0 Å². The van der Waals surface area contributed by atoms with E-state index >= 15 is 0 Å². The van der Waals surface area contributed by atoms with Gasteiger partial charge in [0.15, 0.2) is 5.01 Å². The molecule has 2 N–H and O–H groups in total. The molecule has 0 unspecified atom stereocenters. The molecule has 2 aromatic carbocycles. The van der Waals surface area contributed by atoms with Crippen molar-refractivity contribution in [3.8, 4) is 10.6 Å². The second-order valence-electron chi connectivity index (χ2n) is 5.45. The Bertz CT molecular complexity index is 962. The minimum atomic E-state index is -0.257. The zero-order valence-corrected chi connectivity index (χ0v) is 17.1. The fourth-order valence-corrected chi connectivity index (χ4v) is 3.54. The minimum Gasteiger partial charge on any atom is -0.352 e. The lowest BCUT2D eigenvalue weighted by atomic mass is 10.2. The van der Waals surface area contributed by atoms with Crippen LogP contribution in [-0.2, 0) is 4.79 Å². The first-order valence-corrected chi connectivity index (χ1v) is 9.93. The highest BCUT2D eigenvalue weighted by Gasteiger charge is 2.12. The molecule has 0 fully saturated rings. The number of nitrogens with zero attached hydrogens (tertiary/aromatic N) is 2. The molecule has 0 radical (unpaired) electrons. The van der Waals surface area contributed by atoms with E-state index in [1.165, 1.54) is 11.3 Å². The Labute approximate surface area is 173 Å². The largest absolute Gasteiger partial charge is 0.352 e. The number of rotatable bonds is 6. The third-order valence-corrected chi connectivity index (χ3v) is 5.25. The molecule has 3 rings (SSSR count). The van der Waals surface area contributed by atoms with Crippen LogP contribution < -0.4 is 10.6 Å². The van der Waals surface area contributed by atoms with Crippen LogP contribution in [0.2, 0.25) is 5.02 Å². The first-order chi connectivity index (χ1) is 13.0. The van der Waals surface area contributed by atoms with Gasteiger partial charge in [-0.1, -0.05) is 57.1 Å². The number of carbonyl (C=O) groups is 2. The molecule has 3 aromatic rings. The Morgan fingerprint density at radius 3 is 2.56 bits per heavy atom. The van der Waals surface area contributed by atoms with Crippen molar-refractivity contribution in [1.82, 2.24) is 15.5 Å². The molecule has 138 valence electrons. The van der Waals surface area contributed by atoms with Crippen LogP contribution in [-0.4, -0.2) is 28.6 Å². The molecule has 0 spiro atoms. The summed E-state index contributed by atoms with van der Waals surface area (Å²) < 4.78 is 0.895. The highest BCUT2D eigenvalue weighted by atomic mass is 79.9. The zero-order chi connectivity index (χ0) is 19.2. The molecule has 2 amide bonds. The molecule has 0 atom stereocenters. The summed E-state index contributed by atoms with van der Waals surface area (Å²) in [6.07, 6.45) is 0.128. The minimum absolute atomic E-state index is 0.128. The maximum Gasteiger partial charge on any atom is 0.251 e. The van der Waals surface area contributed by atoms with Gasteiger partial charge in [0, 0.05) is 28.6 Å². The topological polar surface area (TPSA) is 84.0 Å². The molecule has 1 heterocycles. The lowest BCUT2D eigenvalue weighted by molar-refractivity contribution is -0.116. The summed E-state index contributed by atoms with van der Waals surface area (Å²) in [5, 5.41) is 15.0. The molecule has 27 heavy (non-hydrogen) atoms. The van der Waals surface area contributed by atoms with Crippen LogP contribution in [0.3, 0.4) is 0 Å². The zero-order valence-electron chi connectivity index (χ0n) is 13.9. The van der Waals surface area contributed by atoms with E-state index in [0.29, 0.717) is 20.7 Å². The number of hydrogen-bond acceptors (Lipinski definition) is 5. The Balaban J connectivity index is 1.49. The highest BCUT2D eigenvalue weighted by Crippen LogP contribution is 2.31. The van der Waals surface area contributed by atoms with E-state index in [-0.39, 0.29) is 24.8 Å². The van der Waals surface area contributed by atoms with Crippen LogP contribution in [0.25, 0.3) is 10.6 Å². The predicted octanol–water partition coefficient (Wildman–Crippen LogP) is 4.38. The molecular weight excluding hydrogens is 452 g/mol. The van der Waals surface area contributed by atoms with Gasteiger partial charge < -0.3 is 10.6 Å². The number of hydrogen-bond donors (Lipinski definition) is 2. The van der Waals surface area contributed by atoms with E-state index in [1.807, 2.05) is 18.2 Å². The van der Waals surface area contributed by atoms with Gasteiger partial charge in [0.2, 0.25) is 11.0 Å². The highest BCUT2D eigenvalue weighted by molar-refractivity contribution is 9.10. The summed E-state index contributed by atoms with van der Waals surface area (Å²) in [5.41, 5.74) is 1.30. The van der Waals surface area contributed by atoms with Gasteiger partial charge >= 0.3 is 0 Å². The fraction of sp³-hybridized carbons (Fsp3) is 0.111. The van der Waals surface area contributed by atoms with E-state index in [1.54, 1.807) is 30.3 Å². The normalized spacial score (nSPS) is 10.4. The van der Waals surface area contributed by atoms with Gasteiger partial charge in [0.05, 0.1) is 5.02 Å². The third kappa shape index (κ3) is 5.35. The fourth-order valence-electron chi connectivity index (χ4n) is 2.19.